The van der Waals surface area contributed by atoms with Crippen molar-refractivity contribution in [2.75, 3.05) is 11.9 Å². The molecule has 1 aromatic carbocycles. The van der Waals surface area contributed by atoms with Gasteiger partial charge in [0.05, 0.1) is 17.7 Å². The highest BCUT2D eigenvalue weighted by Gasteiger charge is 2.40. The quantitative estimate of drug-likeness (QED) is 0.636. The average Bonchev–Trinajstić information content (AvgIpc) is 3.19. The summed E-state index contributed by atoms with van der Waals surface area (Å²) in [6, 6.07) is 5.01. The van der Waals surface area contributed by atoms with Crippen LogP contribution in [0.1, 0.15) is 45.1 Å². The van der Waals surface area contributed by atoms with E-state index in [0.29, 0.717) is 0 Å². The number of hydrogen-bond acceptors (Lipinski definition) is 7. The van der Waals surface area contributed by atoms with Crippen LogP contribution in [0.4, 0.5) is 6.01 Å². The summed E-state index contributed by atoms with van der Waals surface area (Å²) in [5.41, 5.74) is 0.395. The number of benzene rings is 1. The van der Waals surface area contributed by atoms with Crippen LogP contribution >= 0.6 is 0 Å². The molecule has 9 nitrogen and oxygen atoms in total. The third kappa shape index (κ3) is 2.94. The Kier molecular flexibility index (Phi) is 4.53. The number of imide groups is 1. The third-order valence-corrected chi connectivity index (χ3v) is 3.81. The van der Waals surface area contributed by atoms with Gasteiger partial charge in [-0.15, -0.1) is 0 Å². The van der Waals surface area contributed by atoms with E-state index in [9.17, 15) is 19.2 Å². The fourth-order valence-electron chi connectivity index (χ4n) is 2.52. The molecule has 0 saturated heterocycles. The molecule has 1 atom stereocenters. The van der Waals surface area contributed by atoms with Crippen LogP contribution in [0.2, 0.25) is 0 Å². The molecule has 0 saturated carbocycles. The second-order valence-corrected chi connectivity index (χ2v) is 5.45. The fraction of sp³-hybridized carbons (Fsp3) is 0.235. The van der Waals surface area contributed by atoms with Crippen LogP contribution in [0, 0.1) is 0 Å². The van der Waals surface area contributed by atoms with Crippen LogP contribution in [-0.4, -0.2) is 46.2 Å². The van der Waals surface area contributed by atoms with Gasteiger partial charge in [-0.25, -0.2) is 4.79 Å². The molecular weight excluding hydrogens is 342 g/mol. The molecule has 2 aromatic rings. The lowest BCUT2D eigenvalue weighted by Gasteiger charge is -2.20. The summed E-state index contributed by atoms with van der Waals surface area (Å²) in [7, 11) is 0. The van der Waals surface area contributed by atoms with Gasteiger partial charge in [0.25, 0.3) is 17.7 Å². The number of hydrogen-bond donors (Lipinski definition) is 1. The summed E-state index contributed by atoms with van der Waals surface area (Å²) >= 11 is 0. The zero-order valence-electron chi connectivity index (χ0n) is 14.0. The van der Waals surface area contributed by atoms with Gasteiger partial charge < -0.3 is 9.15 Å². The van der Waals surface area contributed by atoms with Gasteiger partial charge in [0.1, 0.15) is 12.3 Å². The van der Waals surface area contributed by atoms with E-state index in [1.807, 2.05) is 0 Å². The zero-order chi connectivity index (χ0) is 18.8. The molecule has 1 aromatic heterocycles. The van der Waals surface area contributed by atoms with Crippen LogP contribution in [0.3, 0.4) is 0 Å². The van der Waals surface area contributed by atoms with E-state index in [0.717, 1.165) is 11.2 Å². The Morgan fingerprint density at radius 2 is 1.85 bits per heavy atom. The summed E-state index contributed by atoms with van der Waals surface area (Å²) in [5, 5.41) is 2.33. The first-order chi connectivity index (χ1) is 12.4. The van der Waals surface area contributed by atoms with Crippen LogP contribution in [0.25, 0.3) is 0 Å². The molecular formula is C17H15N3O6. The Labute approximate surface area is 147 Å². The van der Waals surface area contributed by atoms with Crippen molar-refractivity contribution >= 4 is 29.7 Å². The molecule has 0 fully saturated rings. The van der Waals surface area contributed by atoms with E-state index in [2.05, 4.69) is 10.3 Å². The molecule has 26 heavy (non-hydrogen) atoms. The first-order valence-corrected chi connectivity index (χ1v) is 7.84. The van der Waals surface area contributed by atoms with Crippen molar-refractivity contribution in [3.63, 3.8) is 0 Å². The van der Waals surface area contributed by atoms with Gasteiger partial charge in [0, 0.05) is 0 Å². The molecule has 1 aliphatic heterocycles. The van der Waals surface area contributed by atoms with Crippen LogP contribution in [0.5, 0.6) is 0 Å². The van der Waals surface area contributed by atoms with Crippen molar-refractivity contribution in [2.45, 2.75) is 19.9 Å². The van der Waals surface area contributed by atoms with Gasteiger partial charge in [-0.1, -0.05) is 12.1 Å². The lowest BCUT2D eigenvalue weighted by Crippen LogP contribution is -2.45. The Balaban J connectivity index is 1.72. The maximum atomic E-state index is 12.4. The summed E-state index contributed by atoms with van der Waals surface area (Å²) in [4.78, 5) is 53.4. The van der Waals surface area contributed by atoms with Gasteiger partial charge in [-0.05, 0) is 26.0 Å². The van der Waals surface area contributed by atoms with Gasteiger partial charge in [-0.2, -0.15) is 4.98 Å². The molecule has 134 valence electrons. The number of anilines is 1. The average molecular weight is 357 g/mol. The topological polar surface area (TPSA) is 119 Å². The second kappa shape index (κ2) is 6.79. The predicted octanol–water partition coefficient (Wildman–Crippen LogP) is 1.47. The monoisotopic (exact) mass is 357 g/mol. The van der Waals surface area contributed by atoms with Crippen molar-refractivity contribution in [3.8, 4) is 0 Å². The van der Waals surface area contributed by atoms with Gasteiger partial charge in [0.15, 0.2) is 5.69 Å². The van der Waals surface area contributed by atoms with Crippen molar-refractivity contribution in [1.29, 1.82) is 0 Å². The van der Waals surface area contributed by atoms with Crippen molar-refractivity contribution in [1.82, 2.24) is 9.88 Å². The van der Waals surface area contributed by atoms with E-state index >= 15 is 0 Å². The standard InChI is InChI=1S/C17H15N3O6/c1-3-25-16(24)12-8-26-17(18-12)19-13(21)9(2)20-14(22)10-6-4-5-7-11(10)15(20)23/h4-9H,3H2,1-2H3,(H,18,19,21). The minimum atomic E-state index is -1.10. The smallest absolute Gasteiger partial charge is 0.360 e. The molecule has 1 unspecified atom stereocenters. The second-order valence-electron chi connectivity index (χ2n) is 5.45. The maximum Gasteiger partial charge on any atom is 0.360 e. The Morgan fingerprint density at radius 1 is 1.23 bits per heavy atom. The number of oxazole rings is 1. The van der Waals surface area contributed by atoms with Crippen molar-refractivity contribution in [2.24, 2.45) is 0 Å². The predicted molar refractivity (Wildman–Crippen MR) is 87.5 cm³/mol. The first kappa shape index (κ1) is 17.3. The number of rotatable bonds is 5. The van der Waals surface area contributed by atoms with Crippen molar-refractivity contribution < 1.29 is 28.3 Å². The number of nitrogens with zero attached hydrogens (tertiary/aromatic N) is 2. The lowest BCUT2D eigenvalue weighted by molar-refractivity contribution is -0.119. The molecule has 0 aliphatic carbocycles. The van der Waals surface area contributed by atoms with Crippen molar-refractivity contribution in [3.05, 3.63) is 47.3 Å². The largest absolute Gasteiger partial charge is 0.461 e. The summed E-state index contributed by atoms with van der Waals surface area (Å²) in [5.74, 6) is -2.47. The number of carbonyl (C=O) groups excluding carboxylic acids is 4. The van der Waals surface area contributed by atoms with Crippen LogP contribution < -0.4 is 5.32 Å². The molecule has 2 heterocycles. The number of amides is 3. The Morgan fingerprint density at radius 3 is 2.42 bits per heavy atom. The number of nitrogens with one attached hydrogen (secondary N) is 1. The number of esters is 1. The van der Waals surface area contributed by atoms with E-state index in [1.165, 1.54) is 19.1 Å². The molecule has 9 heteroatoms. The SMILES string of the molecule is CCOC(=O)c1coc(NC(=O)C(C)N2C(=O)c3ccccc3C2=O)n1. The van der Waals surface area contributed by atoms with Crippen LogP contribution in [0.15, 0.2) is 34.9 Å². The third-order valence-electron chi connectivity index (χ3n) is 3.81. The highest BCUT2D eigenvalue weighted by Crippen LogP contribution is 2.24. The summed E-state index contributed by atoms with van der Waals surface area (Å²) in [6.45, 7) is 3.22. The molecule has 1 aliphatic rings. The van der Waals surface area contributed by atoms with Gasteiger partial charge in [0.2, 0.25) is 0 Å². The number of ether oxygens (including phenoxy) is 1. The number of fused-ring (bicyclic) bond motifs is 1. The van der Waals surface area contributed by atoms with E-state index in [-0.39, 0.29) is 29.4 Å². The molecule has 3 rings (SSSR count). The van der Waals surface area contributed by atoms with E-state index < -0.39 is 29.7 Å². The first-order valence-electron chi connectivity index (χ1n) is 7.84. The Hall–Kier alpha value is -3.49. The van der Waals surface area contributed by atoms with E-state index in [1.54, 1.807) is 19.1 Å². The molecule has 0 radical (unpaired) electrons. The zero-order valence-corrected chi connectivity index (χ0v) is 14.0. The number of aromatic nitrogens is 1. The highest BCUT2D eigenvalue weighted by atomic mass is 16.5. The van der Waals surface area contributed by atoms with Crippen LogP contribution in [-0.2, 0) is 9.53 Å². The van der Waals surface area contributed by atoms with Gasteiger partial charge in [-0.3, -0.25) is 24.6 Å². The molecule has 3 amide bonds. The van der Waals surface area contributed by atoms with E-state index in [4.69, 9.17) is 9.15 Å². The fourth-order valence-corrected chi connectivity index (χ4v) is 2.52. The molecule has 0 spiro atoms. The molecule has 1 N–H and O–H groups in total. The maximum absolute atomic E-state index is 12.4. The number of carbonyl (C=O) groups is 4. The summed E-state index contributed by atoms with van der Waals surface area (Å²) in [6.07, 6.45) is 1.04. The lowest BCUT2D eigenvalue weighted by atomic mass is 10.1. The summed E-state index contributed by atoms with van der Waals surface area (Å²) < 4.78 is 9.77. The minimum absolute atomic E-state index is 0.101. The molecule has 0 bridgehead atoms. The van der Waals surface area contributed by atoms with Gasteiger partial charge >= 0.3 is 12.0 Å². The highest BCUT2D eigenvalue weighted by molar-refractivity contribution is 6.23. The Bertz CT molecular complexity index is 868. The minimum Gasteiger partial charge on any atom is -0.461 e. The normalized spacial score (nSPS) is 14.2.